The van der Waals surface area contributed by atoms with Crippen molar-refractivity contribution in [2.24, 2.45) is 0 Å². The third kappa shape index (κ3) is 4.32. The van der Waals surface area contributed by atoms with Crippen molar-refractivity contribution in [3.63, 3.8) is 0 Å². The van der Waals surface area contributed by atoms with Crippen molar-refractivity contribution in [2.45, 2.75) is 13.8 Å². The summed E-state index contributed by atoms with van der Waals surface area (Å²) in [7, 11) is 3.19. The number of amides is 1. The molecule has 0 spiro atoms. The van der Waals surface area contributed by atoms with Crippen molar-refractivity contribution >= 4 is 12.0 Å². The van der Waals surface area contributed by atoms with Crippen LogP contribution >= 0.6 is 0 Å². The molecule has 0 unspecified atom stereocenters. The van der Waals surface area contributed by atoms with Gasteiger partial charge >= 0.3 is 0 Å². The first-order valence-corrected chi connectivity index (χ1v) is 8.24. The van der Waals surface area contributed by atoms with Gasteiger partial charge in [0.2, 0.25) is 0 Å². The van der Waals surface area contributed by atoms with Gasteiger partial charge in [-0.15, -0.1) is 0 Å². The number of hydrogen-bond acceptors (Lipinski definition) is 4. The van der Waals surface area contributed by atoms with E-state index in [1.807, 2.05) is 50.2 Å². The molecule has 136 valence electrons. The van der Waals surface area contributed by atoms with Crippen LogP contribution in [0.3, 0.4) is 0 Å². The average Bonchev–Trinajstić information content (AvgIpc) is 2.93. The van der Waals surface area contributed by atoms with Crippen LogP contribution < -0.4 is 10.1 Å². The van der Waals surface area contributed by atoms with E-state index in [-0.39, 0.29) is 5.57 Å². The van der Waals surface area contributed by atoms with E-state index in [1.165, 1.54) is 0 Å². The minimum absolute atomic E-state index is 0.0658. The molecular formula is C20H23N3O3. The molecule has 0 saturated heterocycles. The number of methoxy groups -OCH3 is 2. The van der Waals surface area contributed by atoms with E-state index in [0.29, 0.717) is 13.2 Å². The Kier molecular flexibility index (Phi) is 6.59. The van der Waals surface area contributed by atoms with Crippen LogP contribution in [0.5, 0.6) is 5.75 Å². The molecule has 0 aliphatic rings. The van der Waals surface area contributed by atoms with Gasteiger partial charge in [-0.3, -0.25) is 4.79 Å². The molecule has 0 bridgehead atoms. The summed E-state index contributed by atoms with van der Waals surface area (Å²) < 4.78 is 12.2. The first-order chi connectivity index (χ1) is 12.5. The largest absolute Gasteiger partial charge is 0.497 e. The minimum Gasteiger partial charge on any atom is -0.497 e. The van der Waals surface area contributed by atoms with Crippen LogP contribution in [0.4, 0.5) is 0 Å². The van der Waals surface area contributed by atoms with Crippen LogP contribution in [0, 0.1) is 25.2 Å². The Bertz CT molecular complexity index is 842. The van der Waals surface area contributed by atoms with E-state index >= 15 is 0 Å². The monoisotopic (exact) mass is 353 g/mol. The summed E-state index contributed by atoms with van der Waals surface area (Å²) in [6.45, 7) is 4.70. The lowest BCUT2D eigenvalue weighted by atomic mass is 10.1. The third-order valence-corrected chi connectivity index (χ3v) is 4.06. The van der Waals surface area contributed by atoms with Crippen molar-refractivity contribution in [1.82, 2.24) is 9.88 Å². The quantitative estimate of drug-likeness (QED) is 0.472. The SMILES string of the molecule is COCCNC(=O)/C(C#N)=C/c1cc(C)n(-c2ccc(OC)cc2)c1C. The zero-order valence-electron chi connectivity index (χ0n) is 15.5. The topological polar surface area (TPSA) is 76.3 Å². The molecule has 0 fully saturated rings. The van der Waals surface area contributed by atoms with Gasteiger partial charge in [0.25, 0.3) is 5.91 Å². The van der Waals surface area contributed by atoms with Gasteiger partial charge in [-0.1, -0.05) is 0 Å². The van der Waals surface area contributed by atoms with Gasteiger partial charge in [0.05, 0.1) is 13.7 Å². The lowest BCUT2D eigenvalue weighted by Gasteiger charge is -2.10. The number of rotatable bonds is 7. The molecule has 26 heavy (non-hydrogen) atoms. The number of carbonyl (C=O) groups is 1. The Labute approximate surface area is 153 Å². The fourth-order valence-corrected chi connectivity index (χ4v) is 2.73. The van der Waals surface area contributed by atoms with Gasteiger partial charge in [-0.2, -0.15) is 5.26 Å². The highest BCUT2D eigenvalue weighted by Crippen LogP contribution is 2.24. The van der Waals surface area contributed by atoms with Crippen LogP contribution in [-0.4, -0.2) is 37.8 Å². The maximum absolute atomic E-state index is 12.1. The maximum Gasteiger partial charge on any atom is 0.262 e. The van der Waals surface area contributed by atoms with E-state index in [1.54, 1.807) is 20.3 Å². The van der Waals surface area contributed by atoms with Crippen molar-refractivity contribution < 1.29 is 14.3 Å². The van der Waals surface area contributed by atoms with E-state index in [0.717, 1.165) is 28.4 Å². The second-order valence-electron chi connectivity index (χ2n) is 5.78. The number of aryl methyl sites for hydroxylation is 1. The molecular weight excluding hydrogens is 330 g/mol. The summed E-state index contributed by atoms with van der Waals surface area (Å²) in [5.41, 5.74) is 3.84. The van der Waals surface area contributed by atoms with Crippen molar-refractivity contribution in [2.75, 3.05) is 27.4 Å². The smallest absolute Gasteiger partial charge is 0.262 e. The van der Waals surface area contributed by atoms with Crippen LogP contribution in [0.2, 0.25) is 0 Å². The number of hydrogen-bond donors (Lipinski definition) is 1. The molecule has 6 heteroatoms. The molecule has 1 amide bonds. The second-order valence-corrected chi connectivity index (χ2v) is 5.78. The number of benzene rings is 1. The van der Waals surface area contributed by atoms with E-state index in [9.17, 15) is 10.1 Å². The highest BCUT2D eigenvalue weighted by Gasteiger charge is 2.13. The summed E-state index contributed by atoms with van der Waals surface area (Å²) in [5.74, 6) is 0.384. The standard InChI is InChI=1S/C20H23N3O3/c1-14-11-16(12-17(13-21)20(24)22-9-10-25-3)15(2)23(14)18-5-7-19(26-4)8-6-18/h5-8,11-12H,9-10H2,1-4H3,(H,22,24)/b17-12+. The average molecular weight is 353 g/mol. The summed E-state index contributed by atoms with van der Waals surface area (Å²) in [6, 6.07) is 11.7. The van der Waals surface area contributed by atoms with Crippen LogP contribution in [0.25, 0.3) is 11.8 Å². The van der Waals surface area contributed by atoms with Gasteiger partial charge < -0.3 is 19.4 Å². The number of nitrogens with one attached hydrogen (secondary N) is 1. The Morgan fingerprint density at radius 2 is 1.96 bits per heavy atom. The summed E-state index contributed by atoms with van der Waals surface area (Å²) in [4.78, 5) is 12.1. The molecule has 1 aromatic carbocycles. The lowest BCUT2D eigenvalue weighted by Crippen LogP contribution is -2.27. The molecule has 1 N–H and O–H groups in total. The van der Waals surface area contributed by atoms with Crippen LogP contribution in [0.1, 0.15) is 17.0 Å². The molecule has 6 nitrogen and oxygen atoms in total. The van der Waals surface area contributed by atoms with Crippen molar-refractivity contribution in [1.29, 1.82) is 5.26 Å². The van der Waals surface area contributed by atoms with E-state index in [2.05, 4.69) is 9.88 Å². The molecule has 0 aliphatic carbocycles. The number of ether oxygens (including phenoxy) is 2. The summed E-state index contributed by atoms with van der Waals surface area (Å²) >= 11 is 0. The van der Waals surface area contributed by atoms with Crippen LogP contribution in [0.15, 0.2) is 35.9 Å². The van der Waals surface area contributed by atoms with E-state index in [4.69, 9.17) is 9.47 Å². The molecule has 0 aliphatic heterocycles. The first-order valence-electron chi connectivity index (χ1n) is 8.24. The van der Waals surface area contributed by atoms with Crippen LogP contribution in [-0.2, 0) is 9.53 Å². The molecule has 0 radical (unpaired) electrons. The Morgan fingerprint density at radius 1 is 1.27 bits per heavy atom. The third-order valence-electron chi connectivity index (χ3n) is 4.06. The highest BCUT2D eigenvalue weighted by atomic mass is 16.5. The van der Waals surface area contributed by atoms with Crippen molar-refractivity contribution in [3.8, 4) is 17.5 Å². The van der Waals surface area contributed by atoms with Gasteiger partial charge in [0.1, 0.15) is 17.4 Å². The minimum atomic E-state index is -0.404. The Hall–Kier alpha value is -3.04. The summed E-state index contributed by atoms with van der Waals surface area (Å²) in [6.07, 6.45) is 1.62. The maximum atomic E-state index is 12.1. The molecule has 0 atom stereocenters. The van der Waals surface area contributed by atoms with E-state index < -0.39 is 5.91 Å². The zero-order valence-corrected chi connectivity index (χ0v) is 15.5. The second kappa shape index (κ2) is 8.88. The first kappa shape index (κ1) is 19.3. The predicted molar refractivity (Wildman–Crippen MR) is 100 cm³/mol. The molecule has 1 aromatic heterocycles. The highest BCUT2D eigenvalue weighted by molar-refractivity contribution is 6.01. The van der Waals surface area contributed by atoms with Gasteiger partial charge in [-0.25, -0.2) is 0 Å². The Balaban J connectivity index is 2.33. The number of carbonyl (C=O) groups excluding carboxylic acids is 1. The van der Waals surface area contributed by atoms with Crippen molar-refractivity contribution in [3.05, 3.63) is 52.9 Å². The number of nitriles is 1. The fourth-order valence-electron chi connectivity index (χ4n) is 2.73. The van der Waals surface area contributed by atoms with Gasteiger partial charge in [0.15, 0.2) is 0 Å². The normalized spacial score (nSPS) is 11.1. The molecule has 2 aromatic rings. The van der Waals surface area contributed by atoms with Gasteiger partial charge in [-0.05, 0) is 55.8 Å². The lowest BCUT2D eigenvalue weighted by molar-refractivity contribution is -0.117. The number of nitrogens with zero attached hydrogens (tertiary/aromatic N) is 2. The molecule has 1 heterocycles. The Morgan fingerprint density at radius 3 is 2.54 bits per heavy atom. The molecule has 0 saturated carbocycles. The summed E-state index contributed by atoms with van der Waals surface area (Å²) in [5, 5.41) is 12.0. The fraction of sp³-hybridized carbons (Fsp3) is 0.300. The molecule has 2 rings (SSSR count). The number of aromatic nitrogens is 1. The van der Waals surface area contributed by atoms with Gasteiger partial charge in [0, 0.05) is 30.7 Å². The zero-order chi connectivity index (χ0) is 19.1. The predicted octanol–water partition coefficient (Wildman–Crippen LogP) is 2.77.